The zero-order chi connectivity index (χ0) is 24.1. The summed E-state index contributed by atoms with van der Waals surface area (Å²) in [6.07, 6.45) is -2.53. The molecule has 4 rings (SSSR count). The molecule has 1 aliphatic heterocycles. The minimum atomic E-state index is -5.15. The van der Waals surface area contributed by atoms with Gasteiger partial charge >= 0.3 is 21.2 Å². The highest BCUT2D eigenvalue weighted by atomic mass is 31.3. The maximum atomic E-state index is 14.9. The van der Waals surface area contributed by atoms with Crippen LogP contribution in [0, 0.1) is 0 Å². The summed E-state index contributed by atoms with van der Waals surface area (Å²) < 4.78 is 56.5. The molecule has 0 bridgehead atoms. The van der Waals surface area contributed by atoms with Crippen molar-refractivity contribution in [3.05, 3.63) is 35.4 Å². The molecule has 16 nitrogen and oxygen atoms in total. The van der Waals surface area contributed by atoms with E-state index in [0.29, 0.717) is 4.34 Å². The second kappa shape index (κ2) is 8.38. The van der Waals surface area contributed by atoms with Crippen molar-refractivity contribution in [2.75, 3.05) is 12.3 Å². The van der Waals surface area contributed by atoms with Crippen molar-refractivity contribution in [2.24, 2.45) is 7.05 Å². The van der Waals surface area contributed by atoms with E-state index in [2.05, 4.69) is 23.8 Å². The number of aromatic amines is 1. The molecule has 0 saturated carbocycles. The molecule has 19 heteroatoms. The average molecular weight is 510 g/mol. The Hall–Kier alpha value is -2.49. The molecule has 3 aromatic rings. The van der Waals surface area contributed by atoms with Crippen LogP contribution in [0.2, 0.25) is 0 Å². The van der Waals surface area contributed by atoms with E-state index < -0.39 is 52.3 Å². The van der Waals surface area contributed by atoms with E-state index in [0.717, 1.165) is 23.3 Å². The summed E-state index contributed by atoms with van der Waals surface area (Å²) in [7, 11) is -8.48. The highest BCUT2D eigenvalue weighted by molar-refractivity contribution is 7.63. The fraction of sp³-hybridized carbons (Fsp3) is 0.429. The molecule has 3 aromatic heterocycles. The molecular formula is C14H19FN7O9P2+. The van der Waals surface area contributed by atoms with E-state index in [1.54, 1.807) is 0 Å². The number of H-pyrrole nitrogens is 1. The largest absolute Gasteiger partial charge is 0.480 e. The van der Waals surface area contributed by atoms with Crippen molar-refractivity contribution >= 4 is 32.7 Å². The molecule has 0 aliphatic carbocycles. The third-order valence-electron chi connectivity index (χ3n) is 4.75. The Morgan fingerprint density at radius 2 is 2.15 bits per heavy atom. The molecular weight excluding hydrogens is 491 g/mol. The summed E-state index contributed by atoms with van der Waals surface area (Å²) in [4.78, 5) is 41.5. The average Bonchev–Trinajstić information content (AvgIpc) is 3.41. The Kier molecular flexibility index (Phi) is 6.01. The molecule has 0 amide bonds. The molecule has 3 unspecified atom stereocenters. The maximum absolute atomic E-state index is 14.9. The van der Waals surface area contributed by atoms with Gasteiger partial charge in [-0.1, -0.05) is 4.98 Å². The number of hydrogen-bond donors (Lipinski definition) is 5. The van der Waals surface area contributed by atoms with Crippen LogP contribution in [0.15, 0.2) is 29.8 Å². The highest BCUT2D eigenvalue weighted by Crippen LogP contribution is 2.60. The fourth-order valence-corrected chi connectivity index (χ4v) is 5.64. The van der Waals surface area contributed by atoms with Gasteiger partial charge in [-0.3, -0.25) is 18.9 Å². The number of alkyl halides is 1. The van der Waals surface area contributed by atoms with Crippen molar-refractivity contribution in [3.63, 3.8) is 0 Å². The van der Waals surface area contributed by atoms with Gasteiger partial charge in [0.05, 0.1) is 13.7 Å². The SMILES string of the molecule is Cn1c[n+]([C@@H]2O[C@H](COP(=O)(O)OP(=O)(O)n3ccnc3)[C@H](O)C2F)c2nc(N)[nH]c(=O)c21. The molecule has 180 valence electrons. The Balaban J connectivity index is 1.51. The molecule has 4 heterocycles. The normalized spacial score (nSPS) is 26.9. The van der Waals surface area contributed by atoms with Gasteiger partial charge in [-0.15, -0.1) is 0 Å². The van der Waals surface area contributed by atoms with Crippen LogP contribution in [0.3, 0.4) is 0 Å². The topological polar surface area (TPSA) is 221 Å². The van der Waals surface area contributed by atoms with Gasteiger partial charge in [0.1, 0.15) is 18.5 Å². The number of rotatable bonds is 7. The lowest BCUT2D eigenvalue weighted by molar-refractivity contribution is -0.744. The van der Waals surface area contributed by atoms with Crippen molar-refractivity contribution in [1.82, 2.24) is 23.9 Å². The van der Waals surface area contributed by atoms with Gasteiger partial charge in [-0.25, -0.2) is 27.4 Å². The first-order valence-electron chi connectivity index (χ1n) is 9.13. The number of nitrogen functional groups attached to an aromatic ring is 1. The number of aryl methyl sites for hydroxylation is 1. The molecule has 33 heavy (non-hydrogen) atoms. The number of hydrogen-bond acceptors (Lipinski definition) is 10. The zero-order valence-electron chi connectivity index (χ0n) is 16.7. The van der Waals surface area contributed by atoms with Gasteiger partial charge in [0.2, 0.25) is 11.7 Å². The molecule has 6 N–H and O–H groups in total. The molecule has 0 spiro atoms. The molecule has 1 saturated heterocycles. The lowest BCUT2D eigenvalue weighted by atomic mass is 10.1. The van der Waals surface area contributed by atoms with Gasteiger partial charge in [0.15, 0.2) is 12.5 Å². The van der Waals surface area contributed by atoms with Crippen molar-refractivity contribution < 1.29 is 46.6 Å². The number of phosphoric ester groups is 1. The lowest BCUT2D eigenvalue weighted by Crippen LogP contribution is -2.44. The Morgan fingerprint density at radius 3 is 2.82 bits per heavy atom. The highest BCUT2D eigenvalue weighted by Gasteiger charge is 2.49. The number of fused-ring (bicyclic) bond motifs is 1. The number of aromatic nitrogens is 6. The number of phosphoric acid groups is 1. The minimum absolute atomic E-state index is 0.0297. The van der Waals surface area contributed by atoms with Crippen LogP contribution in [-0.2, 0) is 29.7 Å². The van der Waals surface area contributed by atoms with Crippen molar-refractivity contribution in [2.45, 2.75) is 24.6 Å². The summed E-state index contributed by atoms with van der Waals surface area (Å²) >= 11 is 0. The Morgan fingerprint density at radius 1 is 1.42 bits per heavy atom. The van der Waals surface area contributed by atoms with Gasteiger partial charge in [0.25, 0.3) is 11.5 Å². The smallest absolute Gasteiger partial charge is 0.387 e. The molecule has 1 fully saturated rings. The van der Waals surface area contributed by atoms with Gasteiger partial charge < -0.3 is 25.4 Å². The molecule has 1 aliphatic rings. The summed E-state index contributed by atoms with van der Waals surface area (Å²) in [6, 6.07) is 0. The van der Waals surface area contributed by atoms with E-state index in [-0.39, 0.29) is 17.1 Å². The summed E-state index contributed by atoms with van der Waals surface area (Å²) in [6.45, 7) is -0.878. The van der Waals surface area contributed by atoms with E-state index in [1.807, 2.05) is 0 Å². The van der Waals surface area contributed by atoms with Crippen LogP contribution < -0.4 is 15.9 Å². The van der Waals surface area contributed by atoms with Crippen LogP contribution >= 0.6 is 15.6 Å². The Bertz CT molecular complexity index is 1330. The Labute approximate surface area is 183 Å². The van der Waals surface area contributed by atoms with Crippen LogP contribution in [0.1, 0.15) is 6.23 Å². The van der Waals surface area contributed by atoms with Crippen LogP contribution in [-0.4, -0.2) is 63.7 Å². The first-order chi connectivity index (χ1) is 15.4. The molecule has 0 radical (unpaired) electrons. The number of aliphatic hydroxyl groups excluding tert-OH is 1. The summed E-state index contributed by atoms with van der Waals surface area (Å²) in [5.41, 5.74) is 5.00. The van der Waals surface area contributed by atoms with Crippen molar-refractivity contribution in [1.29, 1.82) is 0 Å². The number of ether oxygens (including phenoxy) is 1. The summed E-state index contributed by atoms with van der Waals surface area (Å²) in [5.74, 6) is -0.231. The van der Waals surface area contributed by atoms with Gasteiger partial charge in [0, 0.05) is 12.4 Å². The number of anilines is 1. The second-order valence-corrected chi connectivity index (χ2v) is 10.3. The van der Waals surface area contributed by atoms with Gasteiger partial charge in [-0.2, -0.15) is 4.31 Å². The zero-order valence-corrected chi connectivity index (χ0v) is 18.5. The van der Waals surface area contributed by atoms with Crippen LogP contribution in [0.5, 0.6) is 0 Å². The number of nitrogens with one attached hydrogen (secondary N) is 1. The quantitative estimate of drug-likeness (QED) is 0.185. The maximum Gasteiger partial charge on any atom is 0.480 e. The molecule has 0 aromatic carbocycles. The number of aliphatic hydroxyl groups is 1. The van der Waals surface area contributed by atoms with E-state index in [9.17, 15) is 33.2 Å². The van der Waals surface area contributed by atoms with E-state index in [4.69, 9.17) is 10.5 Å². The van der Waals surface area contributed by atoms with Gasteiger partial charge in [-0.05, 0) is 0 Å². The second-order valence-electron chi connectivity index (χ2n) is 7.04. The first kappa shape index (κ1) is 23.7. The first-order valence-corrected chi connectivity index (χ1v) is 12.2. The predicted molar refractivity (Wildman–Crippen MR) is 105 cm³/mol. The monoisotopic (exact) mass is 510 g/mol. The summed E-state index contributed by atoms with van der Waals surface area (Å²) in [5, 5.41) is 10.2. The predicted octanol–water partition coefficient (Wildman–Crippen LogP) is -1.29. The fourth-order valence-electron chi connectivity index (χ4n) is 3.29. The third-order valence-corrected chi connectivity index (χ3v) is 7.72. The van der Waals surface area contributed by atoms with Crippen LogP contribution in [0.4, 0.5) is 10.3 Å². The van der Waals surface area contributed by atoms with E-state index in [1.165, 1.54) is 17.9 Å². The van der Waals surface area contributed by atoms with Crippen LogP contribution in [0.25, 0.3) is 11.2 Å². The number of nitrogens with zero attached hydrogens (tertiary/aromatic N) is 5. The van der Waals surface area contributed by atoms with Crippen molar-refractivity contribution in [3.8, 4) is 0 Å². The van der Waals surface area contributed by atoms with E-state index >= 15 is 0 Å². The minimum Gasteiger partial charge on any atom is -0.387 e. The molecule has 6 atom stereocenters. The standard InChI is InChI=1S/C14H18FN7O9P2/c1-20-6-22(11-9(20)12(24)19-14(16)18-11)13-8(15)10(23)7(30-13)4-29-33(27,28)31-32(25,26)21-3-2-17-5-21/h2-3,5-8,10,13,23H,4H2,1H3,(H4-,16,18,19,24,25,26,27,28)/p+1/t7-,8?,10+,13-/m1/s1. The number of nitrogens with two attached hydrogens (primary N) is 1. The number of imidazole rings is 2. The number of halogens is 1. The lowest BCUT2D eigenvalue weighted by Gasteiger charge is -2.19. The third kappa shape index (κ3) is 4.49.